The molecule has 4 heteroatoms. The normalized spacial score (nSPS) is 26.6. The smallest absolute Gasteiger partial charge is 0.148 e. The summed E-state index contributed by atoms with van der Waals surface area (Å²) in [4.78, 5) is 0. The molecule has 1 fully saturated rings. The molecule has 1 saturated carbocycles. The Hall–Kier alpha value is -0.930. The fraction of sp³-hybridized carbons (Fsp3) is 0.900. The molecule has 4 nitrogen and oxygen atoms in total. The second-order valence-electron chi connectivity index (χ2n) is 4.75. The van der Waals surface area contributed by atoms with Crippen LogP contribution in [0.5, 0.6) is 0 Å². The summed E-state index contributed by atoms with van der Waals surface area (Å²) in [6.45, 7) is 7.58. The number of nitrogens with zero attached hydrogens (tertiary/aromatic N) is 4. The van der Waals surface area contributed by atoms with Gasteiger partial charge in [0.2, 0.25) is 0 Å². The van der Waals surface area contributed by atoms with Crippen LogP contribution in [0.15, 0.2) is 0 Å². The zero-order valence-electron chi connectivity index (χ0n) is 9.14. The Bertz CT molecular complexity index is 299. The average molecular weight is 194 g/mol. The van der Waals surface area contributed by atoms with Crippen molar-refractivity contribution in [3.63, 3.8) is 0 Å². The molecule has 1 heterocycles. The molecule has 0 atom stereocenters. The van der Waals surface area contributed by atoms with Crippen molar-refractivity contribution in [1.29, 1.82) is 0 Å². The van der Waals surface area contributed by atoms with Crippen molar-refractivity contribution in [3.05, 3.63) is 5.82 Å². The highest BCUT2D eigenvalue weighted by molar-refractivity contribution is 4.83. The van der Waals surface area contributed by atoms with Crippen LogP contribution in [0, 0.1) is 24.7 Å². The highest BCUT2D eigenvalue weighted by Crippen LogP contribution is 2.39. The molecule has 0 bridgehead atoms. The molecule has 0 amide bonds. The van der Waals surface area contributed by atoms with Gasteiger partial charge < -0.3 is 0 Å². The van der Waals surface area contributed by atoms with E-state index in [1.54, 1.807) is 0 Å². The first kappa shape index (κ1) is 9.62. The molecule has 0 radical (unpaired) electrons. The van der Waals surface area contributed by atoms with Crippen LogP contribution in [-0.4, -0.2) is 20.2 Å². The molecule has 0 saturated heterocycles. The van der Waals surface area contributed by atoms with Crippen LogP contribution in [0.4, 0.5) is 0 Å². The zero-order valence-corrected chi connectivity index (χ0v) is 9.14. The van der Waals surface area contributed by atoms with E-state index in [-0.39, 0.29) is 0 Å². The SMILES string of the molecule is Cc1nnnn1C[C@H]1C[C@@H](C(C)C)C1. The summed E-state index contributed by atoms with van der Waals surface area (Å²) in [7, 11) is 0. The van der Waals surface area contributed by atoms with Crippen LogP contribution in [0.25, 0.3) is 0 Å². The first-order valence-electron chi connectivity index (χ1n) is 5.39. The molecule has 0 spiro atoms. The average Bonchev–Trinajstić information content (AvgIpc) is 2.42. The summed E-state index contributed by atoms with van der Waals surface area (Å²) >= 11 is 0. The molecule has 1 aromatic rings. The summed E-state index contributed by atoms with van der Waals surface area (Å²) in [5.74, 6) is 3.49. The second-order valence-corrected chi connectivity index (χ2v) is 4.75. The number of tetrazole rings is 1. The Kier molecular flexibility index (Phi) is 2.52. The summed E-state index contributed by atoms with van der Waals surface area (Å²) in [6.07, 6.45) is 2.69. The zero-order chi connectivity index (χ0) is 10.1. The van der Waals surface area contributed by atoms with Gasteiger partial charge in [0.1, 0.15) is 5.82 Å². The van der Waals surface area contributed by atoms with Crippen LogP contribution in [0.2, 0.25) is 0 Å². The van der Waals surface area contributed by atoms with Gasteiger partial charge in [-0.05, 0) is 47.9 Å². The van der Waals surface area contributed by atoms with Gasteiger partial charge >= 0.3 is 0 Å². The van der Waals surface area contributed by atoms with Gasteiger partial charge in [0.15, 0.2) is 0 Å². The van der Waals surface area contributed by atoms with Gasteiger partial charge in [0.05, 0.1) is 0 Å². The van der Waals surface area contributed by atoms with Crippen LogP contribution in [0.3, 0.4) is 0 Å². The highest BCUT2D eigenvalue weighted by atomic mass is 15.5. The fourth-order valence-electron chi connectivity index (χ4n) is 2.14. The molecule has 0 unspecified atom stereocenters. The van der Waals surface area contributed by atoms with E-state index < -0.39 is 0 Å². The number of hydrogen-bond donors (Lipinski definition) is 0. The van der Waals surface area contributed by atoms with Gasteiger partial charge in [-0.3, -0.25) is 0 Å². The van der Waals surface area contributed by atoms with Crippen LogP contribution in [0.1, 0.15) is 32.5 Å². The number of rotatable bonds is 3. The van der Waals surface area contributed by atoms with Crippen molar-refractivity contribution in [2.45, 2.75) is 40.2 Å². The summed E-state index contributed by atoms with van der Waals surface area (Å²) < 4.78 is 1.92. The van der Waals surface area contributed by atoms with Gasteiger partial charge in [-0.25, -0.2) is 4.68 Å². The highest BCUT2D eigenvalue weighted by Gasteiger charge is 2.31. The summed E-state index contributed by atoms with van der Waals surface area (Å²) in [6, 6.07) is 0. The minimum absolute atomic E-state index is 0.796. The molecule has 78 valence electrons. The molecular formula is C10H18N4. The lowest BCUT2D eigenvalue weighted by molar-refractivity contribution is 0.121. The molecule has 0 aliphatic heterocycles. The van der Waals surface area contributed by atoms with Crippen molar-refractivity contribution in [2.24, 2.45) is 17.8 Å². The maximum absolute atomic E-state index is 3.96. The molecule has 0 N–H and O–H groups in total. The lowest BCUT2D eigenvalue weighted by Gasteiger charge is -2.37. The first-order chi connectivity index (χ1) is 6.66. The predicted octanol–water partition coefficient (Wildman–Crippen LogP) is 1.66. The third kappa shape index (κ3) is 1.79. The van der Waals surface area contributed by atoms with Gasteiger partial charge in [-0.15, -0.1) is 5.10 Å². The standard InChI is InChI=1S/C10H18N4/c1-7(2)10-4-9(5-10)6-14-8(3)11-12-13-14/h7,9-10H,4-6H2,1-3H3/t9-,10+. The van der Waals surface area contributed by atoms with Crippen molar-refractivity contribution in [3.8, 4) is 0 Å². The van der Waals surface area contributed by atoms with Crippen molar-refractivity contribution in [2.75, 3.05) is 0 Å². The number of aromatic nitrogens is 4. The van der Waals surface area contributed by atoms with Crippen LogP contribution >= 0.6 is 0 Å². The van der Waals surface area contributed by atoms with Gasteiger partial charge in [0.25, 0.3) is 0 Å². The maximum atomic E-state index is 3.96. The Morgan fingerprint density at radius 3 is 2.64 bits per heavy atom. The van der Waals surface area contributed by atoms with E-state index in [0.29, 0.717) is 0 Å². The number of aryl methyl sites for hydroxylation is 1. The Morgan fingerprint density at radius 2 is 2.14 bits per heavy atom. The quantitative estimate of drug-likeness (QED) is 0.735. The monoisotopic (exact) mass is 194 g/mol. The molecule has 14 heavy (non-hydrogen) atoms. The van der Waals surface area contributed by atoms with Crippen LogP contribution in [-0.2, 0) is 6.54 Å². The molecule has 1 aliphatic rings. The van der Waals surface area contributed by atoms with Gasteiger partial charge in [-0.1, -0.05) is 13.8 Å². The van der Waals surface area contributed by atoms with Crippen molar-refractivity contribution < 1.29 is 0 Å². The first-order valence-corrected chi connectivity index (χ1v) is 5.39. The van der Waals surface area contributed by atoms with E-state index >= 15 is 0 Å². The van der Waals surface area contributed by atoms with E-state index in [1.165, 1.54) is 12.8 Å². The third-order valence-corrected chi connectivity index (χ3v) is 3.36. The number of hydrogen-bond acceptors (Lipinski definition) is 3. The van der Waals surface area contributed by atoms with E-state index in [4.69, 9.17) is 0 Å². The molecule has 2 rings (SSSR count). The summed E-state index contributed by atoms with van der Waals surface area (Å²) in [5, 5.41) is 11.5. The van der Waals surface area contributed by atoms with Crippen molar-refractivity contribution >= 4 is 0 Å². The fourth-order valence-corrected chi connectivity index (χ4v) is 2.14. The molecule has 1 aliphatic carbocycles. The van der Waals surface area contributed by atoms with Crippen molar-refractivity contribution in [1.82, 2.24) is 20.2 Å². The largest absolute Gasteiger partial charge is 0.230 e. The second kappa shape index (κ2) is 3.67. The lowest BCUT2D eigenvalue weighted by Crippen LogP contribution is -2.31. The van der Waals surface area contributed by atoms with E-state index in [9.17, 15) is 0 Å². The Balaban J connectivity index is 1.82. The van der Waals surface area contributed by atoms with E-state index in [0.717, 1.165) is 30.1 Å². The summed E-state index contributed by atoms with van der Waals surface area (Å²) in [5.41, 5.74) is 0. The van der Waals surface area contributed by atoms with Crippen LogP contribution < -0.4 is 0 Å². The minimum atomic E-state index is 0.796. The van der Waals surface area contributed by atoms with E-state index in [2.05, 4.69) is 29.4 Å². The molecule has 0 aromatic carbocycles. The Labute approximate surface area is 84.7 Å². The van der Waals surface area contributed by atoms with E-state index in [1.807, 2.05) is 11.6 Å². The minimum Gasteiger partial charge on any atom is -0.230 e. The predicted molar refractivity (Wildman–Crippen MR) is 53.6 cm³/mol. The molecular weight excluding hydrogens is 176 g/mol. The lowest BCUT2D eigenvalue weighted by atomic mass is 9.69. The third-order valence-electron chi connectivity index (χ3n) is 3.36. The maximum Gasteiger partial charge on any atom is 0.148 e. The van der Waals surface area contributed by atoms with Gasteiger partial charge in [-0.2, -0.15) is 0 Å². The topological polar surface area (TPSA) is 43.6 Å². The molecule has 1 aromatic heterocycles. The Morgan fingerprint density at radius 1 is 1.43 bits per heavy atom. The van der Waals surface area contributed by atoms with Gasteiger partial charge in [0, 0.05) is 6.54 Å².